The molecule has 0 fully saturated rings. The molecule has 0 aliphatic rings. The first-order chi connectivity index (χ1) is 7.74. The maximum Gasteiger partial charge on any atom is 0.360 e. The fourth-order valence-corrected chi connectivity index (χ4v) is 1.43. The summed E-state index contributed by atoms with van der Waals surface area (Å²) in [5.41, 5.74) is 1.12. The predicted molar refractivity (Wildman–Crippen MR) is 57.2 cm³/mol. The zero-order valence-corrected chi connectivity index (χ0v) is 9.89. The maximum absolute atomic E-state index is 11.4. The first-order valence-electron chi connectivity index (χ1n) is 5.24. The van der Waals surface area contributed by atoms with Crippen molar-refractivity contribution < 1.29 is 14.3 Å². The third kappa shape index (κ3) is 2.79. The van der Waals surface area contributed by atoms with Crippen LogP contribution < -0.4 is 0 Å². The van der Waals surface area contributed by atoms with E-state index in [1.807, 2.05) is 6.92 Å². The molecule has 1 aromatic rings. The lowest BCUT2D eigenvalue weighted by Gasteiger charge is -2.05. The molecule has 1 aromatic heterocycles. The molecule has 0 amide bonds. The third-order valence-electron chi connectivity index (χ3n) is 2.21. The topological polar surface area (TPSA) is 66.2 Å². The second kappa shape index (κ2) is 6.22. The van der Waals surface area contributed by atoms with Crippen molar-refractivity contribution in [2.24, 2.45) is 0 Å². The van der Waals surface area contributed by atoms with Crippen LogP contribution >= 0.6 is 0 Å². The summed E-state index contributed by atoms with van der Waals surface area (Å²) >= 11 is 0. The Morgan fingerprint density at radius 3 is 2.75 bits per heavy atom. The van der Waals surface area contributed by atoms with Gasteiger partial charge in [-0.15, -0.1) is 5.10 Å². The monoisotopic (exact) mass is 227 g/mol. The number of carbonyl (C=O) groups is 1. The van der Waals surface area contributed by atoms with Crippen LogP contribution in [0.5, 0.6) is 0 Å². The van der Waals surface area contributed by atoms with Crippen LogP contribution in [0.4, 0.5) is 0 Å². The number of hydrogen-bond donors (Lipinski definition) is 0. The standard InChI is InChI=1S/C10H17N3O3/c1-4-5-8-9(10(14)16-3)11-12-13(8)6-7-15-2/h4-7H2,1-3H3. The minimum atomic E-state index is -0.438. The molecule has 0 aliphatic heterocycles. The van der Waals surface area contributed by atoms with Crippen LogP contribution in [-0.4, -0.2) is 41.8 Å². The number of nitrogens with zero attached hydrogens (tertiary/aromatic N) is 3. The normalized spacial score (nSPS) is 10.4. The molecule has 1 rings (SSSR count). The van der Waals surface area contributed by atoms with E-state index < -0.39 is 5.97 Å². The van der Waals surface area contributed by atoms with Gasteiger partial charge in [0, 0.05) is 7.11 Å². The van der Waals surface area contributed by atoms with E-state index in [1.165, 1.54) is 7.11 Å². The molecule has 6 nitrogen and oxygen atoms in total. The molecule has 0 saturated heterocycles. The number of methoxy groups -OCH3 is 2. The van der Waals surface area contributed by atoms with Gasteiger partial charge in [-0.1, -0.05) is 18.6 Å². The van der Waals surface area contributed by atoms with Gasteiger partial charge in [-0.3, -0.25) is 0 Å². The van der Waals surface area contributed by atoms with Crippen molar-refractivity contribution in [2.75, 3.05) is 20.8 Å². The van der Waals surface area contributed by atoms with Crippen LogP contribution in [0.2, 0.25) is 0 Å². The molecule has 0 radical (unpaired) electrons. The minimum Gasteiger partial charge on any atom is -0.464 e. The number of rotatable bonds is 6. The third-order valence-corrected chi connectivity index (χ3v) is 2.21. The molecule has 0 atom stereocenters. The molecule has 0 unspecified atom stereocenters. The fraction of sp³-hybridized carbons (Fsp3) is 0.700. The van der Waals surface area contributed by atoms with Gasteiger partial charge in [0.25, 0.3) is 0 Å². The first kappa shape index (κ1) is 12.6. The molecule has 1 heterocycles. The molecular weight excluding hydrogens is 210 g/mol. The Morgan fingerprint density at radius 1 is 1.44 bits per heavy atom. The van der Waals surface area contributed by atoms with Gasteiger partial charge < -0.3 is 9.47 Å². The number of ether oxygens (including phenoxy) is 2. The summed E-state index contributed by atoms with van der Waals surface area (Å²) < 4.78 is 11.3. The molecule has 0 bridgehead atoms. The van der Waals surface area contributed by atoms with E-state index >= 15 is 0 Å². The number of hydrogen-bond acceptors (Lipinski definition) is 5. The Morgan fingerprint density at radius 2 is 2.19 bits per heavy atom. The average Bonchev–Trinajstić information content (AvgIpc) is 2.69. The van der Waals surface area contributed by atoms with Crippen molar-refractivity contribution in [1.29, 1.82) is 0 Å². The summed E-state index contributed by atoms with van der Waals surface area (Å²) in [4.78, 5) is 11.4. The summed E-state index contributed by atoms with van der Waals surface area (Å²) in [5, 5.41) is 7.77. The highest BCUT2D eigenvalue weighted by molar-refractivity contribution is 5.88. The Balaban J connectivity index is 2.92. The van der Waals surface area contributed by atoms with Gasteiger partial charge in [-0.2, -0.15) is 0 Å². The van der Waals surface area contributed by atoms with Crippen LogP contribution in [-0.2, 0) is 22.4 Å². The molecule has 0 aliphatic carbocycles. The fourth-order valence-electron chi connectivity index (χ4n) is 1.43. The van der Waals surface area contributed by atoms with E-state index in [1.54, 1.807) is 11.8 Å². The average molecular weight is 227 g/mol. The smallest absolute Gasteiger partial charge is 0.360 e. The second-order valence-electron chi connectivity index (χ2n) is 3.34. The predicted octanol–water partition coefficient (Wildman–Crippen LogP) is 0.664. The molecule has 0 saturated carbocycles. The molecule has 6 heteroatoms. The van der Waals surface area contributed by atoms with Crippen LogP contribution in [0.25, 0.3) is 0 Å². The maximum atomic E-state index is 11.4. The van der Waals surface area contributed by atoms with Gasteiger partial charge in [0.15, 0.2) is 5.69 Å². The number of carbonyl (C=O) groups excluding carboxylic acids is 1. The van der Waals surface area contributed by atoms with Crippen molar-refractivity contribution in [3.8, 4) is 0 Å². The molecule has 90 valence electrons. The number of esters is 1. The molecule has 0 aromatic carbocycles. The zero-order valence-electron chi connectivity index (χ0n) is 9.89. The number of aromatic nitrogens is 3. The van der Waals surface area contributed by atoms with Crippen molar-refractivity contribution >= 4 is 5.97 Å². The zero-order chi connectivity index (χ0) is 12.0. The van der Waals surface area contributed by atoms with E-state index in [-0.39, 0.29) is 0 Å². The summed E-state index contributed by atoms with van der Waals surface area (Å²) in [6.07, 6.45) is 1.67. The largest absolute Gasteiger partial charge is 0.464 e. The van der Waals surface area contributed by atoms with Gasteiger partial charge in [0.05, 0.1) is 26.0 Å². The molecule has 16 heavy (non-hydrogen) atoms. The summed E-state index contributed by atoms with van der Waals surface area (Å²) in [6.45, 7) is 3.17. The van der Waals surface area contributed by atoms with Crippen LogP contribution in [0.15, 0.2) is 0 Å². The lowest BCUT2D eigenvalue weighted by molar-refractivity contribution is 0.0592. The van der Waals surface area contributed by atoms with Gasteiger partial charge in [-0.05, 0) is 6.42 Å². The Bertz CT molecular complexity index is 349. The van der Waals surface area contributed by atoms with Crippen molar-refractivity contribution in [3.63, 3.8) is 0 Å². The summed E-state index contributed by atoms with van der Waals surface area (Å²) in [5.74, 6) is -0.438. The lowest BCUT2D eigenvalue weighted by atomic mass is 10.2. The van der Waals surface area contributed by atoms with Gasteiger partial charge in [0.2, 0.25) is 0 Å². The quantitative estimate of drug-likeness (QED) is 0.668. The molecular formula is C10H17N3O3. The highest BCUT2D eigenvalue weighted by Crippen LogP contribution is 2.09. The lowest BCUT2D eigenvalue weighted by Crippen LogP contribution is -2.12. The minimum absolute atomic E-state index is 0.306. The van der Waals surface area contributed by atoms with E-state index in [2.05, 4.69) is 15.0 Å². The van der Waals surface area contributed by atoms with Crippen molar-refractivity contribution in [2.45, 2.75) is 26.3 Å². The molecule has 0 spiro atoms. The molecule has 0 N–H and O–H groups in total. The second-order valence-corrected chi connectivity index (χ2v) is 3.34. The van der Waals surface area contributed by atoms with Gasteiger partial charge in [0.1, 0.15) is 0 Å². The Kier molecular flexibility index (Phi) is 4.91. The summed E-state index contributed by atoms with van der Waals surface area (Å²) in [7, 11) is 2.96. The van der Waals surface area contributed by atoms with E-state index in [4.69, 9.17) is 4.74 Å². The van der Waals surface area contributed by atoms with Crippen LogP contribution in [0, 0.1) is 0 Å². The highest BCUT2D eigenvalue weighted by atomic mass is 16.5. The van der Waals surface area contributed by atoms with Crippen molar-refractivity contribution in [1.82, 2.24) is 15.0 Å². The Hall–Kier alpha value is -1.43. The SMILES string of the molecule is CCCc1c(C(=O)OC)nnn1CCOC. The first-order valence-corrected chi connectivity index (χ1v) is 5.24. The van der Waals surface area contributed by atoms with Crippen LogP contribution in [0.3, 0.4) is 0 Å². The van der Waals surface area contributed by atoms with Crippen molar-refractivity contribution in [3.05, 3.63) is 11.4 Å². The van der Waals surface area contributed by atoms with E-state index in [9.17, 15) is 4.79 Å². The van der Waals surface area contributed by atoms with Gasteiger partial charge >= 0.3 is 5.97 Å². The van der Waals surface area contributed by atoms with E-state index in [0.717, 1.165) is 18.5 Å². The van der Waals surface area contributed by atoms with E-state index in [0.29, 0.717) is 18.8 Å². The summed E-state index contributed by atoms with van der Waals surface area (Å²) in [6, 6.07) is 0. The van der Waals surface area contributed by atoms with Gasteiger partial charge in [-0.25, -0.2) is 9.48 Å². The Labute approximate surface area is 94.5 Å². The highest BCUT2D eigenvalue weighted by Gasteiger charge is 2.19. The van der Waals surface area contributed by atoms with Crippen LogP contribution in [0.1, 0.15) is 29.5 Å².